The number of hydrogen-bond donors (Lipinski definition) is 0. The third kappa shape index (κ3) is 4.07. The van der Waals surface area contributed by atoms with E-state index in [-0.39, 0.29) is 5.91 Å². The Bertz CT molecular complexity index is 587. The van der Waals surface area contributed by atoms with E-state index >= 15 is 0 Å². The summed E-state index contributed by atoms with van der Waals surface area (Å²) in [6, 6.07) is 5.38. The Balaban J connectivity index is 1.67. The van der Waals surface area contributed by atoms with Gasteiger partial charge in [-0.25, -0.2) is 0 Å². The van der Waals surface area contributed by atoms with Crippen LogP contribution >= 0.6 is 0 Å². The van der Waals surface area contributed by atoms with Crippen molar-refractivity contribution in [3.05, 3.63) is 23.8 Å². The molecule has 2 heterocycles. The Hall–Kier alpha value is -1.79. The quantitative estimate of drug-likeness (QED) is 0.818. The van der Waals surface area contributed by atoms with Crippen LogP contribution < -0.4 is 9.47 Å². The van der Waals surface area contributed by atoms with Crippen molar-refractivity contribution in [3.8, 4) is 11.5 Å². The second kappa shape index (κ2) is 8.06. The number of likely N-dealkylation sites (tertiary alicyclic amines) is 1. The van der Waals surface area contributed by atoms with Gasteiger partial charge in [0.15, 0.2) is 17.3 Å². The van der Waals surface area contributed by atoms with Crippen LogP contribution in [-0.2, 0) is 9.47 Å². The second-order valence-corrected chi connectivity index (χ2v) is 6.28. The Morgan fingerprint density at radius 1 is 1.08 bits per heavy atom. The van der Waals surface area contributed by atoms with Crippen LogP contribution in [0, 0.1) is 0 Å². The van der Waals surface area contributed by atoms with Gasteiger partial charge in [-0.3, -0.25) is 4.79 Å². The summed E-state index contributed by atoms with van der Waals surface area (Å²) >= 11 is 0. The van der Waals surface area contributed by atoms with E-state index in [0.29, 0.717) is 56.2 Å². The molecule has 0 atom stereocenters. The Morgan fingerprint density at radius 3 is 2.36 bits per heavy atom. The third-order valence-corrected chi connectivity index (χ3v) is 4.62. The van der Waals surface area contributed by atoms with Crippen molar-refractivity contribution in [2.75, 3.05) is 39.5 Å². The van der Waals surface area contributed by atoms with E-state index in [1.807, 2.05) is 18.7 Å². The molecular formula is C19H27NO5. The maximum absolute atomic E-state index is 12.8. The minimum Gasteiger partial charge on any atom is -0.490 e. The number of rotatable bonds is 5. The predicted octanol–water partition coefficient (Wildman–Crippen LogP) is 2.85. The van der Waals surface area contributed by atoms with Crippen LogP contribution in [0.25, 0.3) is 0 Å². The maximum Gasteiger partial charge on any atom is 0.253 e. The highest BCUT2D eigenvalue weighted by Crippen LogP contribution is 2.33. The number of piperidine rings is 1. The molecule has 0 unspecified atom stereocenters. The zero-order chi connectivity index (χ0) is 17.7. The summed E-state index contributed by atoms with van der Waals surface area (Å²) < 4.78 is 22.9. The van der Waals surface area contributed by atoms with Crippen molar-refractivity contribution in [2.45, 2.75) is 38.9 Å². The summed E-state index contributed by atoms with van der Waals surface area (Å²) in [6.45, 7) is 7.67. The van der Waals surface area contributed by atoms with E-state index in [9.17, 15) is 4.79 Å². The summed E-state index contributed by atoms with van der Waals surface area (Å²) in [4.78, 5) is 14.7. The van der Waals surface area contributed by atoms with Crippen LogP contribution in [0.5, 0.6) is 11.5 Å². The van der Waals surface area contributed by atoms with E-state index in [1.165, 1.54) is 0 Å². The fraction of sp³-hybridized carbons (Fsp3) is 0.632. The topological polar surface area (TPSA) is 57.2 Å². The highest BCUT2D eigenvalue weighted by atomic mass is 16.7. The molecule has 0 aromatic heterocycles. The normalized spacial score (nSPS) is 19.7. The lowest BCUT2D eigenvalue weighted by atomic mass is 10.0. The van der Waals surface area contributed by atoms with Crippen molar-refractivity contribution >= 4 is 5.91 Å². The SMILES string of the molecule is CCOc1ccc(C(=O)N2CCC3(CC2)OCCCO3)cc1OCC. The number of carbonyl (C=O) groups is 1. The molecule has 0 radical (unpaired) electrons. The molecule has 1 amide bonds. The van der Waals surface area contributed by atoms with Gasteiger partial charge in [-0.1, -0.05) is 0 Å². The third-order valence-electron chi connectivity index (χ3n) is 4.62. The van der Waals surface area contributed by atoms with Gasteiger partial charge in [0.05, 0.1) is 26.4 Å². The molecule has 0 N–H and O–H groups in total. The smallest absolute Gasteiger partial charge is 0.253 e. The lowest BCUT2D eigenvalue weighted by Crippen LogP contribution is -2.51. The van der Waals surface area contributed by atoms with Crippen molar-refractivity contribution < 1.29 is 23.7 Å². The molecule has 2 aliphatic heterocycles. The Morgan fingerprint density at radius 2 is 1.72 bits per heavy atom. The molecule has 1 aromatic rings. The van der Waals surface area contributed by atoms with Crippen LogP contribution in [0.3, 0.4) is 0 Å². The summed E-state index contributed by atoms with van der Waals surface area (Å²) in [5, 5.41) is 0. The van der Waals surface area contributed by atoms with Crippen molar-refractivity contribution in [2.24, 2.45) is 0 Å². The Kier molecular flexibility index (Phi) is 5.81. The number of ether oxygens (including phenoxy) is 4. The average Bonchev–Trinajstić information content (AvgIpc) is 2.64. The summed E-state index contributed by atoms with van der Waals surface area (Å²) in [5.74, 6) is 0.810. The van der Waals surface area contributed by atoms with E-state index < -0.39 is 5.79 Å². The standard InChI is InChI=1S/C19H27NO5/c1-3-22-16-7-6-15(14-17(16)23-4-2)18(21)20-10-8-19(9-11-20)24-12-5-13-25-19/h6-7,14H,3-5,8-13H2,1-2H3. The van der Waals surface area contributed by atoms with Crippen LogP contribution in [0.2, 0.25) is 0 Å². The molecule has 2 saturated heterocycles. The van der Waals surface area contributed by atoms with Gasteiger partial charge in [0, 0.05) is 31.5 Å². The van der Waals surface area contributed by atoms with Gasteiger partial charge in [0.25, 0.3) is 5.91 Å². The monoisotopic (exact) mass is 349 g/mol. The fourth-order valence-electron chi connectivity index (χ4n) is 3.32. The highest BCUT2D eigenvalue weighted by molar-refractivity contribution is 5.95. The highest BCUT2D eigenvalue weighted by Gasteiger charge is 2.39. The van der Waals surface area contributed by atoms with Gasteiger partial charge in [0.2, 0.25) is 0 Å². The number of carbonyl (C=O) groups excluding carboxylic acids is 1. The van der Waals surface area contributed by atoms with Gasteiger partial charge in [-0.15, -0.1) is 0 Å². The number of hydrogen-bond acceptors (Lipinski definition) is 5. The van der Waals surface area contributed by atoms with Crippen LogP contribution in [0.4, 0.5) is 0 Å². The van der Waals surface area contributed by atoms with Crippen molar-refractivity contribution in [1.29, 1.82) is 0 Å². The second-order valence-electron chi connectivity index (χ2n) is 6.28. The maximum atomic E-state index is 12.8. The largest absolute Gasteiger partial charge is 0.490 e. The van der Waals surface area contributed by atoms with Gasteiger partial charge in [0.1, 0.15) is 0 Å². The van der Waals surface area contributed by atoms with Crippen molar-refractivity contribution in [3.63, 3.8) is 0 Å². The molecule has 6 nitrogen and oxygen atoms in total. The molecule has 25 heavy (non-hydrogen) atoms. The molecule has 0 bridgehead atoms. The predicted molar refractivity (Wildman–Crippen MR) is 93.2 cm³/mol. The first-order valence-corrected chi connectivity index (χ1v) is 9.14. The summed E-state index contributed by atoms with van der Waals surface area (Å²) in [5.41, 5.74) is 0.619. The molecule has 2 fully saturated rings. The Labute approximate surface area is 149 Å². The molecular weight excluding hydrogens is 322 g/mol. The lowest BCUT2D eigenvalue weighted by Gasteiger charge is -2.43. The van der Waals surface area contributed by atoms with E-state index in [0.717, 1.165) is 19.6 Å². The van der Waals surface area contributed by atoms with Gasteiger partial charge >= 0.3 is 0 Å². The van der Waals surface area contributed by atoms with Gasteiger partial charge in [-0.05, 0) is 38.5 Å². The molecule has 0 saturated carbocycles. The van der Waals surface area contributed by atoms with E-state index in [2.05, 4.69) is 0 Å². The van der Waals surface area contributed by atoms with E-state index in [1.54, 1.807) is 18.2 Å². The minimum absolute atomic E-state index is 0.00895. The summed E-state index contributed by atoms with van der Waals surface area (Å²) in [6.07, 6.45) is 2.37. The first-order valence-electron chi connectivity index (χ1n) is 9.14. The van der Waals surface area contributed by atoms with Crippen molar-refractivity contribution in [1.82, 2.24) is 4.90 Å². The molecule has 1 spiro atoms. The molecule has 138 valence electrons. The number of benzene rings is 1. The first-order chi connectivity index (χ1) is 12.2. The van der Waals surface area contributed by atoms with E-state index in [4.69, 9.17) is 18.9 Å². The fourth-order valence-corrected chi connectivity index (χ4v) is 3.32. The zero-order valence-corrected chi connectivity index (χ0v) is 15.1. The van der Waals surface area contributed by atoms with Gasteiger partial charge in [-0.2, -0.15) is 0 Å². The van der Waals surface area contributed by atoms with Crippen LogP contribution in [-0.4, -0.2) is 56.1 Å². The molecule has 2 aliphatic rings. The molecule has 1 aromatic carbocycles. The zero-order valence-electron chi connectivity index (χ0n) is 15.1. The lowest BCUT2D eigenvalue weighted by molar-refractivity contribution is -0.281. The number of nitrogens with zero attached hydrogens (tertiary/aromatic N) is 1. The van der Waals surface area contributed by atoms with Gasteiger partial charge < -0.3 is 23.8 Å². The first kappa shape index (κ1) is 18.0. The average molecular weight is 349 g/mol. The number of amides is 1. The molecule has 3 rings (SSSR count). The molecule has 6 heteroatoms. The minimum atomic E-state index is -0.482. The van der Waals surface area contributed by atoms with Crippen LogP contribution in [0.15, 0.2) is 18.2 Å². The molecule has 0 aliphatic carbocycles. The van der Waals surface area contributed by atoms with Crippen LogP contribution in [0.1, 0.15) is 43.5 Å². The summed E-state index contributed by atoms with van der Waals surface area (Å²) in [7, 11) is 0.